The normalized spacial score (nSPS) is 23.0. The second kappa shape index (κ2) is 8.87. The Morgan fingerprint density at radius 2 is 1.97 bits per heavy atom. The summed E-state index contributed by atoms with van der Waals surface area (Å²) in [7, 11) is -2.65. The summed E-state index contributed by atoms with van der Waals surface area (Å²) in [6, 6.07) is 5.99. The molecule has 1 saturated heterocycles. The Bertz CT molecular complexity index is 1280. The van der Waals surface area contributed by atoms with Gasteiger partial charge in [0.2, 0.25) is 0 Å². The number of nitrogens with two attached hydrogens (primary N) is 1. The van der Waals surface area contributed by atoms with Crippen molar-refractivity contribution in [1.29, 1.82) is 0 Å². The molecule has 176 valence electrons. The van der Waals surface area contributed by atoms with Gasteiger partial charge in [0, 0.05) is 19.3 Å². The maximum Gasteiger partial charge on any atom is 0.301 e. The van der Waals surface area contributed by atoms with Crippen molar-refractivity contribution < 1.29 is 28.2 Å². The van der Waals surface area contributed by atoms with Crippen LogP contribution in [0, 0.1) is 0 Å². The second-order valence-corrected chi connectivity index (χ2v) is 8.71. The second-order valence-electron chi connectivity index (χ2n) is 7.21. The highest BCUT2D eigenvalue weighted by atomic mass is 32.2. The number of nitrogens with one attached hydrogen (secondary N) is 3. The van der Waals surface area contributed by atoms with E-state index in [1.165, 1.54) is 29.4 Å². The van der Waals surface area contributed by atoms with Crippen LogP contribution in [0.2, 0.25) is 0 Å². The third-order valence-electron chi connectivity index (χ3n) is 5.11. The molecule has 0 saturated carbocycles. The first-order valence-corrected chi connectivity index (χ1v) is 11.2. The lowest BCUT2D eigenvalue weighted by Gasteiger charge is -2.16. The van der Waals surface area contributed by atoms with Crippen LogP contribution in [0.5, 0.6) is 0 Å². The smallest absolute Gasteiger partial charge is 0.301 e. The van der Waals surface area contributed by atoms with E-state index in [4.69, 9.17) is 10.5 Å². The number of aliphatic hydroxyl groups excluding tert-OH is 2. The average molecular weight is 478 g/mol. The van der Waals surface area contributed by atoms with Crippen LogP contribution in [0.4, 0.5) is 11.5 Å². The fourth-order valence-electron chi connectivity index (χ4n) is 3.46. The molecule has 1 amide bonds. The molecule has 4 rings (SSSR count). The molecule has 7 N–H and O–H groups in total. The van der Waals surface area contributed by atoms with Crippen molar-refractivity contribution in [2.24, 2.45) is 0 Å². The van der Waals surface area contributed by atoms with E-state index in [9.17, 15) is 23.4 Å². The lowest BCUT2D eigenvalue weighted by molar-refractivity contribution is -0.0330. The predicted octanol–water partition coefficient (Wildman–Crippen LogP) is -1.67. The highest BCUT2D eigenvalue weighted by molar-refractivity contribution is 7.88. The predicted molar refractivity (Wildman–Crippen MR) is 116 cm³/mol. The monoisotopic (exact) mass is 478 g/mol. The average Bonchev–Trinajstić information content (AvgIpc) is 3.33. The number of nitrogen functional groups attached to an aromatic ring is 1. The van der Waals surface area contributed by atoms with Crippen molar-refractivity contribution in [3.05, 3.63) is 42.5 Å². The summed E-state index contributed by atoms with van der Waals surface area (Å²) < 4.78 is 35.7. The van der Waals surface area contributed by atoms with Gasteiger partial charge in [-0.05, 0) is 12.1 Å². The highest BCUT2D eigenvalue weighted by Gasteiger charge is 2.44. The molecule has 1 aromatic carbocycles. The van der Waals surface area contributed by atoms with Crippen LogP contribution in [0.25, 0.3) is 11.2 Å². The number of imidazole rings is 1. The summed E-state index contributed by atoms with van der Waals surface area (Å²) in [5.74, 6) is -0.456. The van der Waals surface area contributed by atoms with Gasteiger partial charge in [0.1, 0.15) is 30.2 Å². The van der Waals surface area contributed by atoms with Gasteiger partial charge in [0.15, 0.2) is 17.7 Å². The van der Waals surface area contributed by atoms with Crippen LogP contribution in [0.15, 0.2) is 36.9 Å². The van der Waals surface area contributed by atoms with E-state index in [1.54, 1.807) is 19.2 Å². The molecule has 3 heterocycles. The zero-order valence-electron chi connectivity index (χ0n) is 17.3. The Balaban J connectivity index is 1.45. The molecule has 0 radical (unpaired) electrons. The Kier molecular flexibility index (Phi) is 6.13. The molecular formula is C18H22N8O6S. The van der Waals surface area contributed by atoms with Gasteiger partial charge in [-0.15, -0.1) is 0 Å². The number of aliphatic hydroxyl groups is 2. The van der Waals surface area contributed by atoms with Gasteiger partial charge in [0.25, 0.3) is 5.91 Å². The molecule has 15 heteroatoms. The Hall–Kier alpha value is -3.37. The van der Waals surface area contributed by atoms with Crippen molar-refractivity contribution in [1.82, 2.24) is 29.0 Å². The minimum absolute atomic E-state index is 0.00886. The van der Waals surface area contributed by atoms with Gasteiger partial charge < -0.3 is 26.0 Å². The fraction of sp³-hybridized carbons (Fsp3) is 0.333. The number of anilines is 2. The molecule has 4 atom stereocenters. The number of ether oxygens (including phenoxy) is 1. The Morgan fingerprint density at radius 3 is 2.70 bits per heavy atom. The van der Waals surface area contributed by atoms with Crippen molar-refractivity contribution in [3.63, 3.8) is 0 Å². The van der Waals surface area contributed by atoms with Crippen molar-refractivity contribution >= 4 is 38.8 Å². The number of nitrogens with zero attached hydrogens (tertiary/aromatic N) is 4. The summed E-state index contributed by atoms with van der Waals surface area (Å²) in [5.41, 5.74) is 6.57. The quantitative estimate of drug-likeness (QED) is 0.212. The minimum Gasteiger partial charge on any atom is -0.398 e. The molecule has 0 aliphatic carbocycles. The van der Waals surface area contributed by atoms with E-state index in [0.717, 1.165) is 0 Å². The Labute approximate surface area is 188 Å². The number of carbonyl (C=O) groups is 1. The summed E-state index contributed by atoms with van der Waals surface area (Å²) in [6.07, 6.45) is -2.36. The number of para-hydroxylation sites is 1. The number of aromatic nitrogens is 4. The minimum atomic E-state index is -4.31. The number of rotatable bonds is 7. The van der Waals surface area contributed by atoms with Crippen LogP contribution < -0.4 is 20.5 Å². The van der Waals surface area contributed by atoms with Gasteiger partial charge in [-0.2, -0.15) is 13.1 Å². The molecule has 1 aliphatic heterocycles. The molecule has 1 fully saturated rings. The molecule has 0 spiro atoms. The first-order valence-electron chi connectivity index (χ1n) is 9.75. The molecule has 2 aromatic heterocycles. The topological polar surface area (TPSA) is 207 Å². The molecule has 33 heavy (non-hydrogen) atoms. The van der Waals surface area contributed by atoms with Crippen molar-refractivity contribution in [2.45, 2.75) is 24.5 Å². The van der Waals surface area contributed by atoms with E-state index in [0.29, 0.717) is 17.0 Å². The van der Waals surface area contributed by atoms with E-state index in [1.807, 2.05) is 4.72 Å². The van der Waals surface area contributed by atoms with Crippen LogP contribution in [0.3, 0.4) is 0 Å². The van der Waals surface area contributed by atoms with Gasteiger partial charge in [-0.1, -0.05) is 12.1 Å². The number of benzene rings is 1. The van der Waals surface area contributed by atoms with E-state index < -0.39 is 47.2 Å². The number of hydrogen-bond acceptors (Lipinski definition) is 11. The van der Waals surface area contributed by atoms with Crippen LogP contribution in [-0.4, -0.2) is 76.0 Å². The van der Waals surface area contributed by atoms with Gasteiger partial charge in [-0.25, -0.2) is 19.7 Å². The van der Waals surface area contributed by atoms with Gasteiger partial charge in [0.05, 0.1) is 11.9 Å². The molecule has 1 aliphatic rings. The zero-order chi connectivity index (χ0) is 23.8. The number of hydrogen-bond donors (Lipinski definition) is 6. The maximum absolute atomic E-state index is 12.3. The van der Waals surface area contributed by atoms with Crippen LogP contribution in [-0.2, 0) is 14.9 Å². The number of carbonyl (C=O) groups excluding carboxylic acids is 1. The third-order valence-corrected chi connectivity index (χ3v) is 6.11. The van der Waals surface area contributed by atoms with E-state index in [2.05, 4.69) is 25.0 Å². The SMILES string of the molecule is CNc1ncnc2c1ncn2[C@@H]1O[C@H](CNS(=O)(=O)NC(=O)c2ccccc2N)[C@@H](O)[C@H]1O. The number of amides is 1. The summed E-state index contributed by atoms with van der Waals surface area (Å²) in [4.78, 5) is 24.6. The van der Waals surface area contributed by atoms with Crippen LogP contribution in [0.1, 0.15) is 16.6 Å². The number of fused-ring (bicyclic) bond motifs is 1. The van der Waals surface area contributed by atoms with Crippen LogP contribution >= 0.6 is 0 Å². The van der Waals surface area contributed by atoms with Crippen molar-refractivity contribution in [3.8, 4) is 0 Å². The maximum atomic E-state index is 12.3. The zero-order valence-corrected chi connectivity index (χ0v) is 18.1. The van der Waals surface area contributed by atoms with Gasteiger partial charge in [-0.3, -0.25) is 9.36 Å². The molecule has 0 bridgehead atoms. The largest absolute Gasteiger partial charge is 0.398 e. The van der Waals surface area contributed by atoms with E-state index in [-0.39, 0.29) is 11.3 Å². The fourth-order valence-corrected chi connectivity index (χ4v) is 4.27. The first-order chi connectivity index (χ1) is 15.7. The summed E-state index contributed by atoms with van der Waals surface area (Å²) >= 11 is 0. The standard InChI is InChI=1S/C18H22N8O6S/c1-20-15-12-16(22-7-21-15)26(8-23-12)18-14(28)13(27)11(32-18)6-24-33(30,31)25-17(29)9-4-2-3-5-10(9)19/h2-5,7-8,11,13-14,18,24,27-28H,6,19H2,1H3,(H,25,29)(H,20,21,22)/t11-,13-,14-,18-/m1/s1. The van der Waals surface area contributed by atoms with Crippen molar-refractivity contribution in [2.75, 3.05) is 24.6 Å². The summed E-state index contributed by atoms with van der Waals surface area (Å²) in [5, 5.41) is 23.8. The first kappa shape index (κ1) is 22.8. The Morgan fingerprint density at radius 1 is 1.21 bits per heavy atom. The summed E-state index contributed by atoms with van der Waals surface area (Å²) in [6.45, 7) is -0.426. The van der Waals surface area contributed by atoms with Gasteiger partial charge >= 0.3 is 10.2 Å². The third kappa shape index (κ3) is 4.44. The molecule has 3 aromatic rings. The van der Waals surface area contributed by atoms with E-state index >= 15 is 0 Å². The highest BCUT2D eigenvalue weighted by Crippen LogP contribution is 2.32. The lowest BCUT2D eigenvalue weighted by atomic mass is 10.1. The molecule has 0 unspecified atom stereocenters. The molecule has 14 nitrogen and oxygen atoms in total. The lowest BCUT2D eigenvalue weighted by Crippen LogP contribution is -2.45. The molecular weight excluding hydrogens is 456 g/mol.